The first-order valence-electron chi connectivity index (χ1n) is 12.7. The number of aryl methyl sites for hydroxylation is 1. The van der Waals surface area contributed by atoms with Gasteiger partial charge in [-0.1, -0.05) is 72.1 Å². The van der Waals surface area contributed by atoms with Crippen molar-refractivity contribution in [2.24, 2.45) is 0 Å². The SMILES string of the molecule is CC[C@H](C)NC(=O)[C@@H](C)N(Cc1ccccc1F)C(=O)CN(c1cccc(Cl)c1Cl)S(=O)(=O)c1ccc(C)cc1. The van der Waals surface area contributed by atoms with E-state index in [1.165, 1.54) is 55.5 Å². The first-order valence-corrected chi connectivity index (χ1v) is 14.9. The third kappa shape index (κ3) is 7.33. The summed E-state index contributed by atoms with van der Waals surface area (Å²) in [5.74, 6) is -1.74. The van der Waals surface area contributed by atoms with Crippen LogP contribution >= 0.6 is 23.2 Å². The number of nitrogens with one attached hydrogen (secondary N) is 1. The van der Waals surface area contributed by atoms with Crippen LogP contribution in [0.2, 0.25) is 10.0 Å². The molecule has 3 aromatic rings. The molecule has 11 heteroatoms. The van der Waals surface area contributed by atoms with Crippen molar-refractivity contribution < 1.29 is 22.4 Å². The molecule has 0 heterocycles. The number of nitrogens with zero attached hydrogens (tertiary/aromatic N) is 2. The summed E-state index contributed by atoms with van der Waals surface area (Å²) < 4.78 is 43.3. The van der Waals surface area contributed by atoms with E-state index in [9.17, 15) is 22.4 Å². The number of halogens is 3. The van der Waals surface area contributed by atoms with Crippen LogP contribution < -0.4 is 9.62 Å². The van der Waals surface area contributed by atoms with Gasteiger partial charge in [0.15, 0.2) is 0 Å². The number of anilines is 1. The van der Waals surface area contributed by atoms with E-state index in [4.69, 9.17) is 23.2 Å². The molecular formula is C29H32Cl2FN3O4S. The third-order valence-corrected chi connectivity index (χ3v) is 9.14. The molecule has 0 aliphatic heterocycles. The monoisotopic (exact) mass is 607 g/mol. The average Bonchev–Trinajstić information content (AvgIpc) is 2.92. The van der Waals surface area contributed by atoms with E-state index in [2.05, 4.69) is 5.32 Å². The lowest BCUT2D eigenvalue weighted by Gasteiger charge is -2.32. The minimum absolute atomic E-state index is 0.00866. The molecular weight excluding hydrogens is 576 g/mol. The number of rotatable bonds is 11. The number of benzene rings is 3. The first kappa shape index (κ1) is 31.4. The molecule has 1 N–H and O–H groups in total. The topological polar surface area (TPSA) is 86.8 Å². The number of hydrogen-bond acceptors (Lipinski definition) is 4. The summed E-state index contributed by atoms with van der Waals surface area (Å²) in [5, 5.41) is 2.87. The summed E-state index contributed by atoms with van der Waals surface area (Å²) >= 11 is 12.6. The van der Waals surface area contributed by atoms with Gasteiger partial charge in [0.05, 0.1) is 20.6 Å². The fourth-order valence-electron chi connectivity index (χ4n) is 3.89. The van der Waals surface area contributed by atoms with Crippen LogP contribution in [0.3, 0.4) is 0 Å². The van der Waals surface area contributed by atoms with Crippen molar-refractivity contribution in [3.63, 3.8) is 0 Å². The second-order valence-electron chi connectivity index (χ2n) is 9.50. The van der Waals surface area contributed by atoms with E-state index in [-0.39, 0.29) is 38.8 Å². The van der Waals surface area contributed by atoms with Crippen LogP contribution in [-0.2, 0) is 26.2 Å². The molecule has 0 aliphatic carbocycles. The maximum absolute atomic E-state index is 14.6. The summed E-state index contributed by atoms with van der Waals surface area (Å²) in [6.07, 6.45) is 0.662. The van der Waals surface area contributed by atoms with Crippen molar-refractivity contribution in [3.8, 4) is 0 Å². The Balaban J connectivity index is 2.08. The largest absolute Gasteiger partial charge is 0.352 e. The average molecular weight is 609 g/mol. The molecule has 40 heavy (non-hydrogen) atoms. The number of sulfonamides is 1. The molecule has 0 saturated carbocycles. The Kier molecular flexibility index (Phi) is 10.6. The van der Waals surface area contributed by atoms with E-state index in [0.29, 0.717) is 6.42 Å². The fraction of sp³-hybridized carbons (Fsp3) is 0.310. The second kappa shape index (κ2) is 13.5. The van der Waals surface area contributed by atoms with Gasteiger partial charge in [0.1, 0.15) is 18.4 Å². The minimum atomic E-state index is -4.32. The Hall–Kier alpha value is -3.14. The van der Waals surface area contributed by atoms with Crippen molar-refractivity contribution in [3.05, 3.63) is 93.7 Å². The summed E-state index contributed by atoms with van der Waals surface area (Å²) in [4.78, 5) is 28.1. The van der Waals surface area contributed by atoms with Gasteiger partial charge >= 0.3 is 0 Å². The van der Waals surface area contributed by atoms with E-state index < -0.39 is 40.2 Å². The molecule has 214 valence electrons. The molecule has 0 bridgehead atoms. The van der Waals surface area contributed by atoms with Gasteiger partial charge < -0.3 is 10.2 Å². The molecule has 0 aromatic heterocycles. The maximum atomic E-state index is 14.6. The summed E-state index contributed by atoms with van der Waals surface area (Å²) in [6, 6.07) is 15.3. The Morgan fingerprint density at radius 2 is 1.62 bits per heavy atom. The smallest absolute Gasteiger partial charge is 0.264 e. The van der Waals surface area contributed by atoms with Gasteiger partial charge in [-0.3, -0.25) is 13.9 Å². The standard InChI is InChI=1S/C29H32Cl2FN3O4S/c1-5-20(3)33-29(37)21(4)34(17-22-9-6-7-11-25(22)32)27(36)18-35(26-12-8-10-24(30)28(26)31)40(38,39)23-15-13-19(2)14-16-23/h6-16,20-21H,5,17-18H2,1-4H3,(H,33,37)/t20-,21+/m0/s1. The molecule has 0 spiro atoms. The highest BCUT2D eigenvalue weighted by Gasteiger charge is 2.34. The molecule has 3 aromatic carbocycles. The summed E-state index contributed by atoms with van der Waals surface area (Å²) in [6.45, 7) is 6.08. The van der Waals surface area contributed by atoms with Gasteiger partial charge in [-0.15, -0.1) is 0 Å². The Bertz CT molecular complexity index is 1470. The zero-order chi connectivity index (χ0) is 29.6. The molecule has 2 atom stereocenters. The zero-order valence-electron chi connectivity index (χ0n) is 22.7. The van der Waals surface area contributed by atoms with Crippen LogP contribution in [0.5, 0.6) is 0 Å². The van der Waals surface area contributed by atoms with Crippen LogP contribution in [-0.4, -0.2) is 43.8 Å². The van der Waals surface area contributed by atoms with Crippen LogP contribution in [0.25, 0.3) is 0 Å². The van der Waals surface area contributed by atoms with Crippen LogP contribution in [0, 0.1) is 12.7 Å². The predicted octanol–water partition coefficient (Wildman–Crippen LogP) is 5.97. The van der Waals surface area contributed by atoms with Gasteiger partial charge in [0, 0.05) is 18.2 Å². The third-order valence-electron chi connectivity index (χ3n) is 6.55. The van der Waals surface area contributed by atoms with Gasteiger partial charge in [-0.25, -0.2) is 12.8 Å². The molecule has 0 fully saturated rings. The lowest BCUT2D eigenvalue weighted by molar-refractivity contribution is -0.139. The van der Waals surface area contributed by atoms with Crippen LogP contribution in [0.4, 0.5) is 10.1 Å². The number of carbonyl (C=O) groups excluding carboxylic acids is 2. The fourth-order valence-corrected chi connectivity index (χ4v) is 5.77. The zero-order valence-corrected chi connectivity index (χ0v) is 25.0. The number of carbonyl (C=O) groups is 2. The Morgan fingerprint density at radius 3 is 2.25 bits per heavy atom. The van der Waals surface area contributed by atoms with Gasteiger partial charge in [-0.2, -0.15) is 0 Å². The van der Waals surface area contributed by atoms with Gasteiger partial charge in [0.25, 0.3) is 10.0 Å². The molecule has 0 saturated heterocycles. The quantitative estimate of drug-likeness (QED) is 0.291. The van der Waals surface area contributed by atoms with Crippen molar-refractivity contribution in [1.82, 2.24) is 10.2 Å². The molecule has 7 nitrogen and oxygen atoms in total. The lowest BCUT2D eigenvalue weighted by Crippen LogP contribution is -2.52. The molecule has 0 unspecified atom stereocenters. The van der Waals surface area contributed by atoms with E-state index in [1.54, 1.807) is 18.2 Å². The molecule has 2 amide bonds. The molecule has 3 rings (SSSR count). The molecule has 0 radical (unpaired) electrons. The summed E-state index contributed by atoms with van der Waals surface area (Å²) in [7, 11) is -4.32. The highest BCUT2D eigenvalue weighted by atomic mass is 35.5. The minimum Gasteiger partial charge on any atom is -0.352 e. The summed E-state index contributed by atoms with van der Waals surface area (Å²) in [5.41, 5.74) is 1.01. The van der Waals surface area contributed by atoms with Crippen molar-refractivity contribution in [2.45, 2.75) is 57.6 Å². The van der Waals surface area contributed by atoms with Crippen LogP contribution in [0.15, 0.2) is 71.6 Å². The van der Waals surface area contributed by atoms with Crippen molar-refractivity contribution in [2.75, 3.05) is 10.8 Å². The second-order valence-corrected chi connectivity index (χ2v) is 12.2. The number of amides is 2. The Labute approximate surface area is 244 Å². The van der Waals surface area contributed by atoms with E-state index in [0.717, 1.165) is 14.8 Å². The number of hydrogen-bond donors (Lipinski definition) is 1. The van der Waals surface area contributed by atoms with Gasteiger partial charge in [-0.05, 0) is 57.5 Å². The van der Waals surface area contributed by atoms with E-state index >= 15 is 0 Å². The van der Waals surface area contributed by atoms with Crippen LogP contribution in [0.1, 0.15) is 38.3 Å². The Morgan fingerprint density at radius 1 is 0.975 bits per heavy atom. The highest BCUT2D eigenvalue weighted by molar-refractivity contribution is 7.92. The molecule has 0 aliphatic rings. The lowest BCUT2D eigenvalue weighted by atomic mass is 10.1. The maximum Gasteiger partial charge on any atom is 0.264 e. The van der Waals surface area contributed by atoms with Crippen molar-refractivity contribution in [1.29, 1.82) is 0 Å². The normalized spacial score (nSPS) is 12.9. The first-order chi connectivity index (χ1) is 18.9. The van der Waals surface area contributed by atoms with E-state index in [1.807, 2.05) is 20.8 Å². The highest BCUT2D eigenvalue weighted by Crippen LogP contribution is 2.35. The van der Waals surface area contributed by atoms with Gasteiger partial charge in [0.2, 0.25) is 11.8 Å². The van der Waals surface area contributed by atoms with Crippen molar-refractivity contribution >= 4 is 50.7 Å². The predicted molar refractivity (Wildman–Crippen MR) is 156 cm³/mol.